The van der Waals surface area contributed by atoms with Crippen molar-refractivity contribution in [2.75, 3.05) is 19.5 Å². The molecule has 0 aromatic rings. The van der Waals surface area contributed by atoms with Crippen LogP contribution in [0.2, 0.25) is 0 Å². The van der Waals surface area contributed by atoms with Crippen LogP contribution >= 0.6 is 0 Å². The molecule has 2 unspecified atom stereocenters. The third-order valence-corrected chi connectivity index (χ3v) is 4.11. The van der Waals surface area contributed by atoms with E-state index in [1.807, 2.05) is 13.8 Å². The van der Waals surface area contributed by atoms with Crippen LogP contribution in [0.5, 0.6) is 0 Å². The Labute approximate surface area is 91.2 Å². The van der Waals surface area contributed by atoms with Crippen molar-refractivity contribution in [2.45, 2.75) is 32.0 Å². The van der Waals surface area contributed by atoms with Gasteiger partial charge >= 0.3 is 0 Å². The molecule has 0 radical (unpaired) electrons. The third-order valence-electron chi connectivity index (χ3n) is 2.74. The second-order valence-electron chi connectivity index (χ2n) is 4.02. The molecular formula is C10H18O4S. The number of hydrogen-bond acceptors (Lipinski definition) is 4. The van der Waals surface area contributed by atoms with Crippen molar-refractivity contribution in [1.29, 1.82) is 0 Å². The Morgan fingerprint density at radius 2 is 2.20 bits per heavy atom. The average molecular weight is 234 g/mol. The second kappa shape index (κ2) is 4.63. The quantitative estimate of drug-likeness (QED) is 0.715. The van der Waals surface area contributed by atoms with Gasteiger partial charge in [0, 0.05) is 12.5 Å². The molecule has 0 bridgehead atoms. The Balaban J connectivity index is 2.43. The SMILES string of the molecule is CCC(C)(COC1C=CS(=O)(=O)C1)OC. The molecule has 0 amide bonds. The van der Waals surface area contributed by atoms with Crippen LogP contribution in [0.4, 0.5) is 0 Å². The molecule has 0 spiro atoms. The Morgan fingerprint density at radius 3 is 2.60 bits per heavy atom. The zero-order chi connectivity index (χ0) is 11.5. The summed E-state index contributed by atoms with van der Waals surface area (Å²) in [6.45, 7) is 4.36. The van der Waals surface area contributed by atoms with Crippen LogP contribution in [0.15, 0.2) is 11.5 Å². The lowest BCUT2D eigenvalue weighted by Gasteiger charge is -2.27. The van der Waals surface area contributed by atoms with E-state index in [0.29, 0.717) is 6.61 Å². The molecule has 0 fully saturated rings. The van der Waals surface area contributed by atoms with Crippen molar-refractivity contribution in [3.63, 3.8) is 0 Å². The van der Waals surface area contributed by atoms with Crippen LogP contribution < -0.4 is 0 Å². The maximum atomic E-state index is 11.1. The minimum atomic E-state index is -3.02. The van der Waals surface area contributed by atoms with Crippen molar-refractivity contribution in [2.24, 2.45) is 0 Å². The maximum Gasteiger partial charge on any atom is 0.174 e. The normalized spacial score (nSPS) is 27.8. The zero-order valence-corrected chi connectivity index (χ0v) is 10.2. The molecule has 0 aliphatic carbocycles. The van der Waals surface area contributed by atoms with E-state index >= 15 is 0 Å². The van der Waals surface area contributed by atoms with Crippen LogP contribution in [-0.2, 0) is 19.3 Å². The molecule has 4 nitrogen and oxygen atoms in total. The fraction of sp³-hybridized carbons (Fsp3) is 0.800. The predicted octanol–water partition coefficient (Wildman–Crippen LogP) is 1.13. The van der Waals surface area contributed by atoms with Crippen molar-refractivity contribution in [1.82, 2.24) is 0 Å². The molecule has 5 heteroatoms. The Hall–Kier alpha value is -0.390. The molecule has 1 heterocycles. The molecular weight excluding hydrogens is 216 g/mol. The lowest BCUT2D eigenvalue weighted by molar-refractivity contribution is -0.0739. The van der Waals surface area contributed by atoms with E-state index in [1.165, 1.54) is 5.41 Å². The number of methoxy groups -OCH3 is 1. The summed E-state index contributed by atoms with van der Waals surface area (Å²) >= 11 is 0. The highest BCUT2D eigenvalue weighted by Crippen LogP contribution is 2.18. The lowest BCUT2D eigenvalue weighted by Crippen LogP contribution is -2.34. The van der Waals surface area contributed by atoms with E-state index in [-0.39, 0.29) is 17.5 Å². The molecule has 0 saturated carbocycles. The first kappa shape index (κ1) is 12.7. The zero-order valence-electron chi connectivity index (χ0n) is 9.39. The van der Waals surface area contributed by atoms with Gasteiger partial charge in [0.1, 0.15) is 0 Å². The van der Waals surface area contributed by atoms with Crippen molar-refractivity contribution >= 4 is 9.84 Å². The van der Waals surface area contributed by atoms with Gasteiger partial charge < -0.3 is 9.47 Å². The van der Waals surface area contributed by atoms with Gasteiger partial charge in [-0.3, -0.25) is 0 Å². The summed E-state index contributed by atoms with van der Waals surface area (Å²) in [6.07, 6.45) is 2.09. The Kier molecular flexibility index (Phi) is 3.92. The van der Waals surface area contributed by atoms with Gasteiger partial charge in [-0.15, -0.1) is 0 Å². The first-order chi connectivity index (χ1) is 6.91. The summed E-state index contributed by atoms with van der Waals surface area (Å²) in [5.41, 5.74) is -0.333. The predicted molar refractivity (Wildman–Crippen MR) is 58.4 cm³/mol. The average Bonchev–Trinajstić information content (AvgIpc) is 2.55. The van der Waals surface area contributed by atoms with E-state index in [9.17, 15) is 8.42 Å². The molecule has 15 heavy (non-hydrogen) atoms. The summed E-state index contributed by atoms with van der Waals surface area (Å²) in [7, 11) is -1.39. The minimum Gasteiger partial charge on any atom is -0.376 e. The summed E-state index contributed by atoms with van der Waals surface area (Å²) < 4.78 is 33.0. The molecule has 0 saturated heterocycles. The Bertz CT molecular complexity index is 327. The van der Waals surface area contributed by atoms with E-state index in [4.69, 9.17) is 9.47 Å². The first-order valence-corrected chi connectivity index (χ1v) is 6.70. The first-order valence-electron chi connectivity index (χ1n) is 4.98. The maximum absolute atomic E-state index is 11.1. The molecule has 0 N–H and O–H groups in total. The van der Waals surface area contributed by atoms with Crippen LogP contribution in [0.1, 0.15) is 20.3 Å². The highest BCUT2D eigenvalue weighted by Gasteiger charge is 2.27. The van der Waals surface area contributed by atoms with Gasteiger partial charge in [-0.25, -0.2) is 8.42 Å². The summed E-state index contributed by atoms with van der Waals surface area (Å²) in [5.74, 6) is 0.0521. The number of hydrogen-bond donors (Lipinski definition) is 0. The largest absolute Gasteiger partial charge is 0.376 e. The number of sulfone groups is 1. The highest BCUT2D eigenvalue weighted by atomic mass is 32.2. The van der Waals surface area contributed by atoms with E-state index < -0.39 is 9.84 Å². The van der Waals surface area contributed by atoms with Crippen molar-refractivity contribution in [3.05, 3.63) is 11.5 Å². The van der Waals surface area contributed by atoms with Gasteiger partial charge in [-0.1, -0.05) is 6.92 Å². The molecule has 1 aliphatic heterocycles. The van der Waals surface area contributed by atoms with E-state index in [0.717, 1.165) is 6.42 Å². The number of ether oxygens (including phenoxy) is 2. The van der Waals surface area contributed by atoms with Crippen LogP contribution in [-0.4, -0.2) is 39.6 Å². The van der Waals surface area contributed by atoms with Gasteiger partial charge in [0.2, 0.25) is 0 Å². The standard InChI is InChI=1S/C10H18O4S/c1-4-10(2,13-3)8-14-9-5-6-15(11,12)7-9/h5-6,9H,4,7-8H2,1-3H3. The lowest BCUT2D eigenvalue weighted by atomic mass is 10.1. The van der Waals surface area contributed by atoms with Gasteiger partial charge in [0.15, 0.2) is 9.84 Å². The Morgan fingerprint density at radius 1 is 1.53 bits per heavy atom. The fourth-order valence-electron chi connectivity index (χ4n) is 1.24. The highest BCUT2D eigenvalue weighted by molar-refractivity contribution is 7.94. The van der Waals surface area contributed by atoms with E-state index in [2.05, 4.69) is 0 Å². The molecule has 1 rings (SSSR count). The van der Waals surface area contributed by atoms with Crippen molar-refractivity contribution < 1.29 is 17.9 Å². The molecule has 88 valence electrons. The fourth-order valence-corrected chi connectivity index (χ4v) is 2.43. The summed E-state index contributed by atoms with van der Waals surface area (Å²) in [4.78, 5) is 0. The summed E-state index contributed by atoms with van der Waals surface area (Å²) in [6, 6.07) is 0. The summed E-state index contributed by atoms with van der Waals surface area (Å²) in [5, 5.41) is 1.22. The monoisotopic (exact) mass is 234 g/mol. The third kappa shape index (κ3) is 3.59. The molecule has 0 aromatic carbocycles. The molecule has 1 aliphatic rings. The van der Waals surface area contributed by atoms with Gasteiger partial charge in [-0.2, -0.15) is 0 Å². The van der Waals surface area contributed by atoms with E-state index in [1.54, 1.807) is 13.2 Å². The van der Waals surface area contributed by atoms with Crippen LogP contribution in [0.25, 0.3) is 0 Å². The molecule has 0 aromatic heterocycles. The van der Waals surface area contributed by atoms with Gasteiger partial charge in [0.25, 0.3) is 0 Å². The molecule has 2 atom stereocenters. The minimum absolute atomic E-state index is 0.0521. The van der Waals surface area contributed by atoms with Crippen LogP contribution in [0, 0.1) is 0 Å². The van der Waals surface area contributed by atoms with Crippen LogP contribution in [0.3, 0.4) is 0 Å². The smallest absolute Gasteiger partial charge is 0.174 e. The topological polar surface area (TPSA) is 52.6 Å². The second-order valence-corrected chi connectivity index (χ2v) is 5.95. The van der Waals surface area contributed by atoms with Crippen molar-refractivity contribution in [3.8, 4) is 0 Å². The number of rotatable bonds is 5. The van der Waals surface area contributed by atoms with Gasteiger partial charge in [-0.05, 0) is 19.4 Å². The van der Waals surface area contributed by atoms with Gasteiger partial charge in [0.05, 0.1) is 24.1 Å².